The first-order valence-electron chi connectivity index (χ1n) is 9.56. The first kappa shape index (κ1) is 24.9. The van der Waals surface area contributed by atoms with E-state index in [2.05, 4.69) is 29.4 Å². The Bertz CT molecular complexity index is 345. The molecule has 2 saturated heterocycles. The summed E-state index contributed by atoms with van der Waals surface area (Å²) >= 11 is 0. The molecule has 2 atom stereocenters. The zero-order valence-corrected chi connectivity index (χ0v) is 17.4. The fourth-order valence-electron chi connectivity index (χ4n) is 3.94. The maximum atomic E-state index is 12.8. The van der Waals surface area contributed by atoms with Gasteiger partial charge in [-0.1, -0.05) is 26.7 Å². The molecule has 1 amide bonds. The predicted molar refractivity (Wildman–Crippen MR) is 108 cm³/mol. The van der Waals surface area contributed by atoms with E-state index in [9.17, 15) is 4.79 Å². The summed E-state index contributed by atoms with van der Waals surface area (Å²) in [5.41, 5.74) is 0. The summed E-state index contributed by atoms with van der Waals surface area (Å²) in [6.07, 6.45) is 5.76. The predicted octanol–water partition coefficient (Wildman–Crippen LogP) is 2.47. The van der Waals surface area contributed by atoms with Gasteiger partial charge in [-0.3, -0.25) is 9.69 Å². The lowest BCUT2D eigenvalue weighted by Crippen LogP contribution is -2.54. The van der Waals surface area contributed by atoms with Gasteiger partial charge in [0.2, 0.25) is 5.91 Å². The average Bonchev–Trinajstić information content (AvgIpc) is 2.61. The molecule has 5 nitrogen and oxygen atoms in total. The highest BCUT2D eigenvalue weighted by atomic mass is 35.5. The summed E-state index contributed by atoms with van der Waals surface area (Å²) in [7, 11) is 0. The monoisotopic (exact) mass is 397 g/mol. The number of amides is 1. The van der Waals surface area contributed by atoms with Gasteiger partial charge < -0.3 is 15.4 Å². The third-order valence-electron chi connectivity index (χ3n) is 5.45. The van der Waals surface area contributed by atoms with Crippen LogP contribution in [-0.2, 0) is 9.53 Å². The Morgan fingerprint density at radius 1 is 1.24 bits per heavy atom. The molecule has 0 spiro atoms. The number of rotatable bonds is 8. The standard InChI is InChI=1S/C18H35N3O2.2ClH/c1-3-16(4-2)17(21-10-12-23-13-11-21)18(22)20-9-7-15-6-5-8-19-14-15;;/h15-17,19H,3-14H2,1-2H3,(H,20,22);2*1H. The van der Waals surface area contributed by atoms with Crippen molar-refractivity contribution in [2.75, 3.05) is 45.9 Å². The van der Waals surface area contributed by atoms with Crippen LogP contribution in [0.15, 0.2) is 0 Å². The molecule has 0 radical (unpaired) electrons. The summed E-state index contributed by atoms with van der Waals surface area (Å²) < 4.78 is 5.46. The zero-order chi connectivity index (χ0) is 16.5. The fraction of sp³-hybridized carbons (Fsp3) is 0.944. The Morgan fingerprint density at radius 3 is 2.48 bits per heavy atom. The van der Waals surface area contributed by atoms with Crippen LogP contribution in [0, 0.1) is 11.8 Å². The molecule has 2 fully saturated rings. The Hall–Kier alpha value is -0.0700. The maximum Gasteiger partial charge on any atom is 0.237 e. The van der Waals surface area contributed by atoms with Gasteiger partial charge in [0.25, 0.3) is 0 Å². The van der Waals surface area contributed by atoms with Crippen molar-refractivity contribution in [2.45, 2.75) is 52.0 Å². The van der Waals surface area contributed by atoms with Gasteiger partial charge in [0.1, 0.15) is 0 Å². The first-order valence-corrected chi connectivity index (χ1v) is 9.56. The van der Waals surface area contributed by atoms with E-state index in [1.807, 2.05) is 0 Å². The van der Waals surface area contributed by atoms with E-state index in [-0.39, 0.29) is 36.8 Å². The molecular weight excluding hydrogens is 361 g/mol. The van der Waals surface area contributed by atoms with Crippen molar-refractivity contribution in [3.05, 3.63) is 0 Å². The van der Waals surface area contributed by atoms with Crippen LogP contribution >= 0.6 is 24.8 Å². The molecule has 0 bridgehead atoms. The van der Waals surface area contributed by atoms with Crippen molar-refractivity contribution in [1.82, 2.24) is 15.5 Å². The molecule has 0 aromatic heterocycles. The maximum absolute atomic E-state index is 12.8. The van der Waals surface area contributed by atoms with E-state index in [4.69, 9.17) is 4.74 Å². The van der Waals surface area contributed by atoms with E-state index in [1.165, 1.54) is 12.8 Å². The van der Waals surface area contributed by atoms with Gasteiger partial charge >= 0.3 is 0 Å². The number of nitrogens with one attached hydrogen (secondary N) is 2. The second kappa shape index (κ2) is 14.0. The minimum atomic E-state index is 0. The highest BCUT2D eigenvalue weighted by Crippen LogP contribution is 2.20. The van der Waals surface area contributed by atoms with Crippen molar-refractivity contribution in [3.8, 4) is 0 Å². The topological polar surface area (TPSA) is 53.6 Å². The molecule has 0 aromatic carbocycles. The van der Waals surface area contributed by atoms with Crippen molar-refractivity contribution >= 4 is 30.7 Å². The molecule has 2 heterocycles. The van der Waals surface area contributed by atoms with Crippen molar-refractivity contribution < 1.29 is 9.53 Å². The Labute approximate surface area is 165 Å². The highest BCUT2D eigenvalue weighted by molar-refractivity contribution is 5.85. The molecule has 150 valence electrons. The number of morpholine rings is 1. The molecular formula is C18H37Cl2N3O2. The quantitative estimate of drug-likeness (QED) is 0.660. The minimum Gasteiger partial charge on any atom is -0.379 e. The van der Waals surface area contributed by atoms with Crippen LogP contribution in [0.1, 0.15) is 46.0 Å². The Balaban J connectivity index is 0.00000288. The molecule has 2 aliphatic heterocycles. The van der Waals surface area contributed by atoms with Crippen LogP contribution in [0.5, 0.6) is 0 Å². The van der Waals surface area contributed by atoms with E-state index >= 15 is 0 Å². The average molecular weight is 398 g/mol. The van der Waals surface area contributed by atoms with Gasteiger partial charge in [0.05, 0.1) is 19.3 Å². The molecule has 2 rings (SSSR count). The number of carbonyl (C=O) groups is 1. The van der Waals surface area contributed by atoms with E-state index in [1.54, 1.807) is 0 Å². The number of hydrogen-bond donors (Lipinski definition) is 2. The Kier molecular flexibility index (Phi) is 14.0. The second-order valence-electron chi connectivity index (χ2n) is 6.96. The number of carbonyl (C=O) groups excluding carboxylic acids is 1. The van der Waals surface area contributed by atoms with E-state index in [0.29, 0.717) is 5.92 Å². The molecule has 0 aliphatic carbocycles. The second-order valence-corrected chi connectivity index (χ2v) is 6.96. The molecule has 7 heteroatoms. The van der Waals surface area contributed by atoms with Crippen LogP contribution in [0.3, 0.4) is 0 Å². The molecule has 0 saturated carbocycles. The van der Waals surface area contributed by atoms with Crippen LogP contribution in [0.4, 0.5) is 0 Å². The fourth-order valence-corrected chi connectivity index (χ4v) is 3.94. The summed E-state index contributed by atoms with van der Waals surface area (Å²) in [6, 6.07) is 0.0124. The Morgan fingerprint density at radius 2 is 1.92 bits per heavy atom. The van der Waals surface area contributed by atoms with E-state index < -0.39 is 0 Å². The minimum absolute atomic E-state index is 0. The SMILES string of the molecule is CCC(CC)C(C(=O)NCCC1CCCNC1)N1CCOCC1.Cl.Cl. The number of ether oxygens (including phenoxy) is 1. The molecule has 0 aromatic rings. The van der Waals surface area contributed by atoms with Crippen molar-refractivity contribution in [2.24, 2.45) is 11.8 Å². The van der Waals surface area contributed by atoms with E-state index in [0.717, 1.165) is 71.1 Å². The highest BCUT2D eigenvalue weighted by Gasteiger charge is 2.32. The smallest absolute Gasteiger partial charge is 0.237 e. The van der Waals surface area contributed by atoms with Gasteiger partial charge in [-0.25, -0.2) is 0 Å². The summed E-state index contributed by atoms with van der Waals surface area (Å²) in [6.45, 7) is 10.7. The third kappa shape index (κ3) is 8.00. The van der Waals surface area contributed by atoms with Gasteiger partial charge in [-0.05, 0) is 44.2 Å². The normalized spacial score (nSPS) is 22.6. The molecule has 2 N–H and O–H groups in total. The van der Waals surface area contributed by atoms with Gasteiger partial charge in [0, 0.05) is 19.6 Å². The van der Waals surface area contributed by atoms with Crippen LogP contribution in [-0.4, -0.2) is 62.8 Å². The van der Waals surface area contributed by atoms with Crippen molar-refractivity contribution in [1.29, 1.82) is 0 Å². The molecule has 25 heavy (non-hydrogen) atoms. The largest absolute Gasteiger partial charge is 0.379 e. The first-order chi connectivity index (χ1) is 11.3. The number of halogens is 2. The lowest BCUT2D eigenvalue weighted by Gasteiger charge is -2.37. The van der Waals surface area contributed by atoms with Crippen molar-refractivity contribution in [3.63, 3.8) is 0 Å². The number of nitrogens with zero attached hydrogens (tertiary/aromatic N) is 1. The number of hydrogen-bond acceptors (Lipinski definition) is 4. The third-order valence-corrected chi connectivity index (χ3v) is 5.45. The molecule has 2 unspecified atom stereocenters. The zero-order valence-electron chi connectivity index (χ0n) is 15.8. The lowest BCUT2D eigenvalue weighted by atomic mass is 9.91. The van der Waals surface area contributed by atoms with Crippen LogP contribution in [0.2, 0.25) is 0 Å². The summed E-state index contributed by atoms with van der Waals surface area (Å²) in [5, 5.41) is 6.68. The van der Waals surface area contributed by atoms with Gasteiger partial charge in [0.15, 0.2) is 0 Å². The van der Waals surface area contributed by atoms with Gasteiger partial charge in [-0.15, -0.1) is 24.8 Å². The number of piperidine rings is 1. The van der Waals surface area contributed by atoms with Gasteiger partial charge in [-0.2, -0.15) is 0 Å². The summed E-state index contributed by atoms with van der Waals surface area (Å²) in [5.74, 6) is 1.38. The molecule has 2 aliphatic rings. The van der Waals surface area contributed by atoms with Crippen LogP contribution in [0.25, 0.3) is 0 Å². The van der Waals surface area contributed by atoms with Crippen LogP contribution < -0.4 is 10.6 Å². The summed E-state index contributed by atoms with van der Waals surface area (Å²) in [4.78, 5) is 15.2. The lowest BCUT2D eigenvalue weighted by molar-refractivity contribution is -0.130.